The van der Waals surface area contributed by atoms with Gasteiger partial charge in [0.25, 0.3) is 17.7 Å². The summed E-state index contributed by atoms with van der Waals surface area (Å²) in [5, 5.41) is 36.7. The average Bonchev–Trinajstić information content (AvgIpc) is 1.71. The number of carbonyl (C=O) groups excluding carboxylic acids is 8. The molecule has 2 aliphatic carbocycles. The van der Waals surface area contributed by atoms with E-state index in [4.69, 9.17) is 30.0 Å². The van der Waals surface area contributed by atoms with Crippen molar-refractivity contribution in [2.75, 3.05) is 62.0 Å². The Morgan fingerprint density at radius 1 is 0.845 bits per heavy atom. The third-order valence-electron chi connectivity index (χ3n) is 19.7. The zero-order valence-electron chi connectivity index (χ0n) is 59.3. The summed E-state index contributed by atoms with van der Waals surface area (Å²) < 4.78 is 21.3. The molecule has 2 aliphatic heterocycles. The molecular weight excluding hydrogens is 1340 g/mol. The molecule has 2 saturated carbocycles. The molecule has 28 heteroatoms. The van der Waals surface area contributed by atoms with Gasteiger partial charge in [-0.3, -0.25) is 43.7 Å². The molecule has 4 aliphatic rings. The second-order valence-electron chi connectivity index (χ2n) is 29.1. The van der Waals surface area contributed by atoms with E-state index in [1.54, 1.807) is 75.6 Å². The van der Waals surface area contributed by atoms with Crippen LogP contribution in [0, 0.1) is 35.5 Å². The molecule has 6 aromatic rings. The number of thiazole rings is 1. The van der Waals surface area contributed by atoms with Crippen molar-refractivity contribution in [3.63, 3.8) is 0 Å². The SMILES string of the molecule is Cc1c(-c2ccc(N3CCc4c(OCC(=O)O)ccc(C(=O)Nc5nc6ccccc6s5)c4C3)nc2C(=O)O)cnn1CC1CC2(C)CC(C)(C)CC(OCCN(C)C(=O)OCc3ccc(NC(=O)[C@H](CCCNC(N)=O)CC(=O)[C@@H](NC(=O)CCCCCN4C(=O)C=CC4=O)C(C)C)cc3)(C1)C2. The van der Waals surface area contributed by atoms with E-state index in [0.717, 1.165) is 52.9 Å². The number of para-hydroxylation sites is 1. The molecule has 5 atom stereocenters. The highest BCUT2D eigenvalue weighted by Gasteiger charge is 2.55. The van der Waals surface area contributed by atoms with Crippen LogP contribution in [0.1, 0.15) is 155 Å². The minimum Gasteiger partial charge on any atom is -0.482 e. The predicted molar refractivity (Wildman–Crippen MR) is 385 cm³/mol. The van der Waals surface area contributed by atoms with Crippen LogP contribution in [-0.4, -0.2) is 157 Å². The summed E-state index contributed by atoms with van der Waals surface area (Å²) in [5.74, 6) is -4.86. The maximum absolute atomic E-state index is 14.0. The number of unbranched alkanes of at least 4 members (excludes halogenated alkanes) is 2. The lowest BCUT2D eigenvalue weighted by molar-refractivity contribution is -0.176. The number of carboxylic acid groups (broad SMARTS) is 2. The largest absolute Gasteiger partial charge is 0.482 e. The number of carboxylic acids is 2. The van der Waals surface area contributed by atoms with Gasteiger partial charge in [0.2, 0.25) is 11.8 Å². The number of amides is 8. The maximum Gasteiger partial charge on any atom is 0.409 e. The summed E-state index contributed by atoms with van der Waals surface area (Å²) in [5.41, 5.74) is 9.74. The number of nitrogens with zero attached hydrogens (tertiary/aromatic N) is 7. The van der Waals surface area contributed by atoms with Gasteiger partial charge in [-0.25, -0.2) is 29.1 Å². The lowest BCUT2D eigenvalue weighted by atomic mass is 9.51. The molecule has 0 radical (unpaired) electrons. The molecule has 27 nitrogen and oxygen atoms in total. The molecule has 3 aromatic heterocycles. The number of anilines is 3. The molecule has 548 valence electrons. The van der Waals surface area contributed by atoms with Crippen LogP contribution >= 0.6 is 11.3 Å². The fourth-order valence-corrected chi connectivity index (χ4v) is 16.5. The molecule has 10 rings (SSSR count). The highest BCUT2D eigenvalue weighted by Crippen LogP contribution is 2.60. The fourth-order valence-electron chi connectivity index (χ4n) is 15.6. The third-order valence-corrected chi connectivity index (χ3v) is 20.7. The van der Waals surface area contributed by atoms with E-state index in [1.165, 1.54) is 28.4 Å². The first-order chi connectivity index (χ1) is 49.0. The first-order valence-corrected chi connectivity index (χ1v) is 35.8. The van der Waals surface area contributed by atoms with Crippen molar-refractivity contribution < 1.29 is 72.4 Å². The Kier molecular flexibility index (Phi) is 24.2. The number of urea groups is 1. The van der Waals surface area contributed by atoms with Crippen molar-refractivity contribution in [1.29, 1.82) is 0 Å². The number of rotatable bonds is 33. The second-order valence-corrected chi connectivity index (χ2v) is 30.1. The highest BCUT2D eigenvalue weighted by atomic mass is 32.1. The van der Waals surface area contributed by atoms with Crippen molar-refractivity contribution in [3.05, 3.63) is 125 Å². The molecular formula is C75H92N12O15S. The molecule has 8 N–H and O–H groups in total. The summed E-state index contributed by atoms with van der Waals surface area (Å²) >= 11 is 1.34. The molecule has 2 fully saturated rings. The van der Waals surface area contributed by atoms with Crippen LogP contribution < -0.4 is 36.6 Å². The normalized spacial score (nSPS) is 18.8. The van der Waals surface area contributed by atoms with Crippen LogP contribution in [0.15, 0.2) is 91.1 Å². The molecule has 3 aromatic carbocycles. The van der Waals surface area contributed by atoms with Crippen LogP contribution in [-0.2, 0) is 64.4 Å². The Hall–Kier alpha value is -10.1. The van der Waals surface area contributed by atoms with Gasteiger partial charge in [0.05, 0.1) is 34.7 Å². The van der Waals surface area contributed by atoms with E-state index in [1.807, 2.05) is 40.8 Å². The minimum atomic E-state index is -1.23. The number of pyridine rings is 1. The van der Waals surface area contributed by atoms with Gasteiger partial charge in [0.1, 0.15) is 18.2 Å². The van der Waals surface area contributed by atoms with E-state index >= 15 is 0 Å². The molecule has 3 unspecified atom stereocenters. The smallest absolute Gasteiger partial charge is 0.409 e. The lowest BCUT2D eigenvalue weighted by Crippen LogP contribution is -2.54. The van der Waals surface area contributed by atoms with Gasteiger partial charge >= 0.3 is 24.1 Å². The number of benzene rings is 3. The fraction of sp³-hybridized carbons (Fsp3) is 0.480. The Labute approximate surface area is 601 Å². The van der Waals surface area contributed by atoms with Gasteiger partial charge in [0.15, 0.2) is 23.2 Å². The molecule has 8 amide bonds. The number of hydrogen-bond donors (Lipinski definition) is 7. The number of ether oxygens (including phenoxy) is 3. The second kappa shape index (κ2) is 32.9. The Morgan fingerprint density at radius 3 is 2.32 bits per heavy atom. The zero-order valence-corrected chi connectivity index (χ0v) is 60.2. The van der Waals surface area contributed by atoms with Gasteiger partial charge < -0.3 is 55.9 Å². The molecule has 103 heavy (non-hydrogen) atoms. The number of imide groups is 1. The third kappa shape index (κ3) is 19.4. The van der Waals surface area contributed by atoms with Crippen molar-refractivity contribution in [1.82, 2.24) is 40.2 Å². The summed E-state index contributed by atoms with van der Waals surface area (Å²) in [7, 11) is 1.66. The van der Waals surface area contributed by atoms with Crippen molar-refractivity contribution >= 4 is 97.6 Å². The first kappa shape index (κ1) is 75.6. The number of nitrogens with two attached hydrogens (primary N) is 1. The summed E-state index contributed by atoms with van der Waals surface area (Å²) in [6.45, 7) is 13.8. The Morgan fingerprint density at radius 2 is 1.60 bits per heavy atom. The summed E-state index contributed by atoms with van der Waals surface area (Å²) in [4.78, 5) is 142. The number of Topliss-reactive ketones (excluding diaryl/α,β-unsaturated/α-hetero) is 1. The molecule has 5 heterocycles. The van der Waals surface area contributed by atoms with Crippen molar-refractivity contribution in [2.24, 2.45) is 34.3 Å². The van der Waals surface area contributed by atoms with Gasteiger partial charge in [-0.05, 0) is 153 Å². The van der Waals surface area contributed by atoms with E-state index in [0.29, 0.717) is 101 Å². The zero-order chi connectivity index (χ0) is 73.9. The number of nitrogens with one attached hydrogen (secondary N) is 4. The monoisotopic (exact) mass is 1430 g/mol. The van der Waals surface area contributed by atoms with Crippen LogP contribution in [0.4, 0.5) is 26.2 Å². The van der Waals surface area contributed by atoms with Crippen LogP contribution in [0.5, 0.6) is 5.75 Å². The topological polar surface area (TPSA) is 366 Å². The van der Waals surface area contributed by atoms with Crippen LogP contribution in [0.25, 0.3) is 21.3 Å². The number of fused-ring (bicyclic) bond motifs is 4. The number of hydrogen-bond acceptors (Lipinski definition) is 18. The number of ketones is 1. The van der Waals surface area contributed by atoms with Gasteiger partial charge in [0, 0.05) is 111 Å². The van der Waals surface area contributed by atoms with Crippen LogP contribution in [0.3, 0.4) is 0 Å². The van der Waals surface area contributed by atoms with E-state index in [2.05, 4.69) is 47.0 Å². The summed E-state index contributed by atoms with van der Waals surface area (Å²) in [6, 6.07) is 19.4. The molecule has 0 saturated heterocycles. The average molecular weight is 1430 g/mol. The number of aromatic carboxylic acids is 1. The summed E-state index contributed by atoms with van der Waals surface area (Å²) in [6.07, 6.45) is 10.4. The number of likely N-dealkylation sites (N-methyl/N-ethyl adjacent to an activating group) is 1. The van der Waals surface area contributed by atoms with Crippen molar-refractivity contribution in [3.8, 4) is 16.9 Å². The quantitative estimate of drug-likeness (QED) is 0.0149. The van der Waals surface area contributed by atoms with Crippen molar-refractivity contribution in [2.45, 2.75) is 156 Å². The molecule has 2 bridgehead atoms. The predicted octanol–water partition coefficient (Wildman–Crippen LogP) is 10.1. The Balaban J connectivity index is 0.723. The lowest BCUT2D eigenvalue weighted by Gasteiger charge is -2.58. The number of carbonyl (C=O) groups is 10. The van der Waals surface area contributed by atoms with Crippen LogP contribution in [0.2, 0.25) is 0 Å². The van der Waals surface area contributed by atoms with Gasteiger partial charge in [-0.1, -0.05) is 76.6 Å². The van der Waals surface area contributed by atoms with E-state index in [-0.39, 0.29) is 111 Å². The maximum atomic E-state index is 14.0. The molecule has 0 spiro atoms. The standard InChI is InChI=1S/C75H92N12O15S/c1-45(2)65(82-61(89)17-9-8-12-30-86-62(90)26-27-63(86)91)57(88)34-49(14-13-29-77-70(76)98)67(94)79-50-20-18-47(19-21-50)40-101-72(99)84(7)32-33-102-75-36-48(35-74(6,44-75)42-73(4,5)43-75)38-87-46(3)54(37-78-87)52-23-25-60(81-66(52)69(96)97)85-31-28-51-55(39-85)53(22-24-58(51)100-41-64(92)93)68(95)83-71-80-56-15-10-11-16-59(56)103-71/h10-11,15-16,18-27,37,45,48-49,65H,8-9,12-14,17,28-36,38-44H2,1-7H3,(H,79,94)(H,82,89)(H,92,93)(H,96,97)(H3,76,77,98)(H,80,83,95)/t48?,49-,65+,74?,75?/m1/s1. The van der Waals surface area contributed by atoms with E-state index in [9.17, 15) is 58.2 Å². The van der Waals surface area contributed by atoms with Gasteiger partial charge in [-0.15, -0.1) is 0 Å². The number of aliphatic carboxylic acids is 1. The highest BCUT2D eigenvalue weighted by molar-refractivity contribution is 7.22. The first-order valence-electron chi connectivity index (χ1n) is 35.0. The number of primary amides is 1. The number of aromatic nitrogens is 4. The van der Waals surface area contributed by atoms with Gasteiger partial charge in [-0.2, -0.15) is 5.10 Å². The Bertz CT molecular complexity index is 4170. The minimum absolute atomic E-state index is 0.0256. The van der Waals surface area contributed by atoms with E-state index < -0.39 is 60.0 Å².